The van der Waals surface area contributed by atoms with Gasteiger partial charge in [-0.25, -0.2) is 8.78 Å². The Hall–Kier alpha value is -2.52. The highest BCUT2D eigenvalue weighted by atomic mass is 32.2. The zero-order valence-electron chi connectivity index (χ0n) is 13.3. The van der Waals surface area contributed by atoms with Gasteiger partial charge in [0.2, 0.25) is 5.13 Å². The third kappa shape index (κ3) is 5.24. The molecule has 0 radical (unpaired) electrons. The molecule has 0 aliphatic rings. The van der Waals surface area contributed by atoms with E-state index in [0.29, 0.717) is 15.2 Å². The van der Waals surface area contributed by atoms with Crippen molar-refractivity contribution in [2.75, 3.05) is 11.9 Å². The van der Waals surface area contributed by atoms with Gasteiger partial charge >= 0.3 is 0 Å². The molecule has 1 aromatic heterocycles. The van der Waals surface area contributed by atoms with Crippen molar-refractivity contribution in [2.45, 2.75) is 10.1 Å². The largest absolute Gasteiger partial charge is 0.481 e. The fourth-order valence-corrected chi connectivity index (χ4v) is 3.63. The monoisotopic (exact) mass is 393 g/mol. The summed E-state index contributed by atoms with van der Waals surface area (Å²) in [6.45, 7) is -0.335. The Bertz CT molecular complexity index is 888. The van der Waals surface area contributed by atoms with Gasteiger partial charge in [0.05, 0.1) is 0 Å². The molecule has 3 rings (SSSR count). The molecule has 2 aromatic carbocycles. The molecule has 0 atom stereocenters. The highest BCUT2D eigenvalue weighted by Gasteiger charge is 2.11. The number of nitrogens with zero attached hydrogens (tertiary/aromatic N) is 2. The SMILES string of the molecule is O=C(COc1ccccc1F)Nc1nnc(SCc2ccc(F)cc2)s1. The van der Waals surface area contributed by atoms with E-state index in [4.69, 9.17) is 4.74 Å². The molecular weight excluding hydrogens is 380 g/mol. The van der Waals surface area contributed by atoms with Crippen molar-refractivity contribution in [1.82, 2.24) is 10.2 Å². The number of para-hydroxylation sites is 1. The first-order valence-corrected chi connectivity index (χ1v) is 9.28. The molecule has 0 bridgehead atoms. The van der Waals surface area contributed by atoms with Crippen LogP contribution in [0.1, 0.15) is 5.56 Å². The lowest BCUT2D eigenvalue weighted by molar-refractivity contribution is -0.118. The van der Waals surface area contributed by atoms with Crippen LogP contribution in [0.2, 0.25) is 0 Å². The molecule has 0 aliphatic heterocycles. The first kappa shape index (κ1) is 18.3. The van der Waals surface area contributed by atoms with Crippen LogP contribution in [0.5, 0.6) is 5.75 Å². The molecule has 0 saturated carbocycles. The Balaban J connectivity index is 1.47. The lowest BCUT2D eigenvalue weighted by Crippen LogP contribution is -2.20. The predicted octanol–water partition coefficient (Wildman–Crippen LogP) is 4.13. The number of amides is 1. The van der Waals surface area contributed by atoms with Gasteiger partial charge in [-0.2, -0.15) is 0 Å². The first-order chi connectivity index (χ1) is 12.6. The van der Waals surface area contributed by atoms with Crippen LogP contribution in [0, 0.1) is 11.6 Å². The average molecular weight is 393 g/mol. The summed E-state index contributed by atoms with van der Waals surface area (Å²) in [5, 5.41) is 10.7. The molecule has 0 fully saturated rings. The zero-order valence-corrected chi connectivity index (χ0v) is 14.9. The number of benzene rings is 2. The second-order valence-corrected chi connectivity index (χ2v) is 7.26. The van der Waals surface area contributed by atoms with Gasteiger partial charge in [0.1, 0.15) is 5.82 Å². The van der Waals surface area contributed by atoms with E-state index in [9.17, 15) is 13.6 Å². The maximum absolute atomic E-state index is 13.4. The molecule has 1 heterocycles. The Labute approximate surface area is 156 Å². The number of halogens is 2. The Kier molecular flexibility index (Phi) is 6.13. The van der Waals surface area contributed by atoms with E-state index >= 15 is 0 Å². The van der Waals surface area contributed by atoms with E-state index in [0.717, 1.165) is 5.56 Å². The van der Waals surface area contributed by atoms with Crippen molar-refractivity contribution < 1.29 is 18.3 Å². The topological polar surface area (TPSA) is 64.1 Å². The first-order valence-electron chi connectivity index (χ1n) is 7.48. The molecule has 0 spiro atoms. The number of nitrogens with one attached hydrogen (secondary N) is 1. The van der Waals surface area contributed by atoms with Crippen LogP contribution in [0.25, 0.3) is 0 Å². The quantitative estimate of drug-likeness (QED) is 0.483. The summed E-state index contributed by atoms with van der Waals surface area (Å²) < 4.78 is 32.1. The summed E-state index contributed by atoms with van der Waals surface area (Å²) in [5.41, 5.74) is 0.954. The summed E-state index contributed by atoms with van der Waals surface area (Å²) in [6.07, 6.45) is 0. The van der Waals surface area contributed by atoms with Crippen molar-refractivity contribution >= 4 is 34.1 Å². The van der Waals surface area contributed by atoms with Crippen LogP contribution in [-0.2, 0) is 10.5 Å². The Morgan fingerprint density at radius 3 is 2.65 bits per heavy atom. The molecule has 0 saturated heterocycles. The lowest BCUT2D eigenvalue weighted by atomic mass is 10.2. The fraction of sp³-hybridized carbons (Fsp3) is 0.118. The van der Waals surface area contributed by atoms with E-state index in [2.05, 4.69) is 15.5 Å². The number of hydrogen-bond acceptors (Lipinski definition) is 6. The van der Waals surface area contributed by atoms with E-state index in [1.54, 1.807) is 18.2 Å². The molecule has 9 heteroatoms. The number of hydrogen-bond donors (Lipinski definition) is 1. The van der Waals surface area contributed by atoms with Crippen LogP contribution in [0.4, 0.5) is 13.9 Å². The maximum Gasteiger partial charge on any atom is 0.264 e. The van der Waals surface area contributed by atoms with Gasteiger partial charge in [-0.3, -0.25) is 10.1 Å². The van der Waals surface area contributed by atoms with Crippen LogP contribution in [0.3, 0.4) is 0 Å². The summed E-state index contributed by atoms with van der Waals surface area (Å²) in [5.74, 6) is -0.651. The van der Waals surface area contributed by atoms with Gasteiger partial charge < -0.3 is 4.74 Å². The van der Waals surface area contributed by atoms with Crippen molar-refractivity contribution in [3.05, 3.63) is 65.7 Å². The molecular formula is C17H13F2N3O2S2. The normalized spacial score (nSPS) is 10.5. The fourth-order valence-electron chi connectivity index (χ4n) is 1.90. The highest BCUT2D eigenvalue weighted by Crippen LogP contribution is 2.28. The number of anilines is 1. The highest BCUT2D eigenvalue weighted by molar-refractivity contribution is 8.00. The Morgan fingerprint density at radius 2 is 1.88 bits per heavy atom. The van der Waals surface area contributed by atoms with E-state index in [1.165, 1.54) is 53.4 Å². The van der Waals surface area contributed by atoms with Crippen LogP contribution in [0.15, 0.2) is 52.9 Å². The number of aromatic nitrogens is 2. The number of thioether (sulfide) groups is 1. The van der Waals surface area contributed by atoms with Gasteiger partial charge in [-0.15, -0.1) is 10.2 Å². The van der Waals surface area contributed by atoms with Crippen molar-refractivity contribution in [3.63, 3.8) is 0 Å². The number of carbonyl (C=O) groups is 1. The molecule has 1 amide bonds. The minimum absolute atomic E-state index is 0.00968. The summed E-state index contributed by atoms with van der Waals surface area (Å²) in [4.78, 5) is 11.9. The van der Waals surface area contributed by atoms with Crippen LogP contribution in [-0.4, -0.2) is 22.7 Å². The average Bonchev–Trinajstić information content (AvgIpc) is 3.08. The number of ether oxygens (including phenoxy) is 1. The molecule has 0 aliphatic carbocycles. The second kappa shape index (κ2) is 8.72. The van der Waals surface area contributed by atoms with Gasteiger partial charge in [0.25, 0.3) is 5.91 Å². The minimum atomic E-state index is -0.532. The summed E-state index contributed by atoms with van der Waals surface area (Å²) >= 11 is 2.64. The maximum atomic E-state index is 13.4. The molecule has 26 heavy (non-hydrogen) atoms. The van der Waals surface area contributed by atoms with Gasteiger partial charge in [-0.1, -0.05) is 47.4 Å². The van der Waals surface area contributed by atoms with Gasteiger partial charge in [0, 0.05) is 5.75 Å². The Morgan fingerprint density at radius 1 is 1.12 bits per heavy atom. The predicted molar refractivity (Wildman–Crippen MR) is 96.4 cm³/mol. The third-order valence-corrected chi connectivity index (χ3v) is 5.17. The number of carbonyl (C=O) groups excluding carboxylic acids is 1. The minimum Gasteiger partial charge on any atom is -0.481 e. The van der Waals surface area contributed by atoms with Crippen molar-refractivity contribution in [2.24, 2.45) is 0 Å². The van der Waals surface area contributed by atoms with Crippen LogP contribution < -0.4 is 10.1 Å². The molecule has 5 nitrogen and oxygen atoms in total. The van der Waals surface area contributed by atoms with Crippen LogP contribution >= 0.6 is 23.1 Å². The molecule has 1 N–H and O–H groups in total. The summed E-state index contributed by atoms with van der Waals surface area (Å²) in [6, 6.07) is 12.0. The molecule has 3 aromatic rings. The smallest absolute Gasteiger partial charge is 0.264 e. The molecule has 134 valence electrons. The van der Waals surface area contributed by atoms with Gasteiger partial charge in [0.15, 0.2) is 22.5 Å². The van der Waals surface area contributed by atoms with E-state index < -0.39 is 11.7 Å². The summed E-state index contributed by atoms with van der Waals surface area (Å²) in [7, 11) is 0. The third-order valence-electron chi connectivity index (χ3n) is 3.12. The van der Waals surface area contributed by atoms with Gasteiger partial charge in [-0.05, 0) is 29.8 Å². The zero-order chi connectivity index (χ0) is 18.4. The molecule has 0 unspecified atom stereocenters. The van der Waals surface area contributed by atoms with E-state index in [-0.39, 0.29) is 18.2 Å². The van der Waals surface area contributed by atoms with E-state index in [1.807, 2.05) is 0 Å². The van der Waals surface area contributed by atoms with Crippen molar-refractivity contribution in [3.8, 4) is 5.75 Å². The lowest BCUT2D eigenvalue weighted by Gasteiger charge is -2.05. The van der Waals surface area contributed by atoms with Crippen molar-refractivity contribution in [1.29, 1.82) is 0 Å². The second-order valence-electron chi connectivity index (χ2n) is 5.06. The number of rotatable bonds is 7. The standard InChI is InChI=1S/C17H13F2N3O2S2/c18-12-7-5-11(6-8-12)10-25-17-22-21-16(26-17)20-15(23)9-24-14-4-2-1-3-13(14)19/h1-8H,9-10H2,(H,20,21,23).